The predicted molar refractivity (Wildman–Crippen MR) is 46.7 cm³/mol. The summed E-state index contributed by atoms with van der Waals surface area (Å²) in [5.41, 5.74) is -1.64. The molecule has 0 radical (unpaired) electrons. The smallest absolute Gasteiger partial charge is 0.0970 e. The van der Waals surface area contributed by atoms with Crippen LogP contribution in [0, 0.1) is 0 Å². The van der Waals surface area contributed by atoms with E-state index in [4.69, 9.17) is 0 Å². The molecule has 0 aliphatic heterocycles. The molecule has 2 nitrogen and oxygen atoms in total. The van der Waals surface area contributed by atoms with Crippen molar-refractivity contribution in [1.29, 1.82) is 0 Å². The molecule has 0 bridgehead atoms. The van der Waals surface area contributed by atoms with Crippen LogP contribution in [0.1, 0.15) is 38.5 Å². The Morgan fingerprint density at radius 1 is 0.833 bits per heavy atom. The number of rotatable bonds is 0. The van der Waals surface area contributed by atoms with E-state index in [0.29, 0.717) is 12.8 Å². The molecule has 0 heterocycles. The maximum atomic E-state index is 10.1. The molecule has 2 aliphatic rings. The first-order valence-corrected chi connectivity index (χ1v) is 4.76. The molecule has 1 saturated carbocycles. The molecule has 0 amide bonds. The van der Waals surface area contributed by atoms with Crippen LogP contribution in [-0.4, -0.2) is 21.4 Å². The SMILES string of the molecule is O[C@@]12CC=CC[C@]1(O)CCCC2. The molecule has 68 valence electrons. The lowest BCUT2D eigenvalue weighted by Gasteiger charge is -2.48. The summed E-state index contributed by atoms with van der Waals surface area (Å²) in [7, 11) is 0. The third-order valence-electron chi connectivity index (χ3n) is 3.37. The lowest BCUT2D eigenvalue weighted by molar-refractivity contribution is -0.175. The van der Waals surface area contributed by atoms with Crippen LogP contribution in [0.2, 0.25) is 0 Å². The van der Waals surface area contributed by atoms with E-state index >= 15 is 0 Å². The van der Waals surface area contributed by atoms with Gasteiger partial charge < -0.3 is 10.2 Å². The average Bonchev–Trinajstić information content (AvgIpc) is 2.05. The molecule has 2 aliphatic carbocycles. The summed E-state index contributed by atoms with van der Waals surface area (Å²) in [5, 5.41) is 20.3. The van der Waals surface area contributed by atoms with E-state index in [1.165, 1.54) is 0 Å². The van der Waals surface area contributed by atoms with E-state index in [1.54, 1.807) is 0 Å². The Hall–Kier alpha value is -0.340. The average molecular weight is 168 g/mol. The monoisotopic (exact) mass is 168 g/mol. The Morgan fingerprint density at radius 3 is 1.67 bits per heavy atom. The van der Waals surface area contributed by atoms with Crippen LogP contribution in [0.15, 0.2) is 12.2 Å². The van der Waals surface area contributed by atoms with Crippen LogP contribution in [0.4, 0.5) is 0 Å². The number of aliphatic hydroxyl groups is 2. The summed E-state index contributed by atoms with van der Waals surface area (Å²) in [6.07, 6.45) is 8.84. The summed E-state index contributed by atoms with van der Waals surface area (Å²) in [6.45, 7) is 0. The normalized spacial score (nSPS) is 47.2. The summed E-state index contributed by atoms with van der Waals surface area (Å²) < 4.78 is 0. The van der Waals surface area contributed by atoms with E-state index in [2.05, 4.69) is 0 Å². The molecule has 0 unspecified atom stereocenters. The van der Waals surface area contributed by atoms with Gasteiger partial charge in [-0.2, -0.15) is 0 Å². The molecule has 0 aromatic carbocycles. The Balaban J connectivity index is 2.28. The highest BCUT2D eigenvalue weighted by Crippen LogP contribution is 2.44. The van der Waals surface area contributed by atoms with E-state index < -0.39 is 11.2 Å². The minimum absolute atomic E-state index is 0.628. The Labute approximate surface area is 72.9 Å². The Bertz CT molecular complexity index is 190. The van der Waals surface area contributed by atoms with E-state index in [-0.39, 0.29) is 0 Å². The van der Waals surface area contributed by atoms with Gasteiger partial charge in [-0.3, -0.25) is 0 Å². The van der Waals surface area contributed by atoms with Crippen LogP contribution in [0.3, 0.4) is 0 Å². The maximum Gasteiger partial charge on any atom is 0.0970 e. The summed E-state index contributed by atoms with van der Waals surface area (Å²) in [4.78, 5) is 0. The van der Waals surface area contributed by atoms with Gasteiger partial charge in [-0.15, -0.1) is 0 Å². The fourth-order valence-electron chi connectivity index (χ4n) is 2.44. The third kappa shape index (κ3) is 1.02. The molecule has 2 atom stereocenters. The standard InChI is InChI=1S/C10H16O2/c11-9-5-1-2-6-10(9,12)8-4-3-7-9/h1-2,11-12H,3-8H2/t9-,10+. The zero-order chi connectivity index (χ0) is 8.66. The van der Waals surface area contributed by atoms with Gasteiger partial charge >= 0.3 is 0 Å². The number of hydrogen-bond acceptors (Lipinski definition) is 2. The van der Waals surface area contributed by atoms with Gasteiger partial charge in [-0.25, -0.2) is 0 Å². The Morgan fingerprint density at radius 2 is 1.25 bits per heavy atom. The van der Waals surface area contributed by atoms with Gasteiger partial charge in [-0.1, -0.05) is 25.0 Å². The van der Waals surface area contributed by atoms with Gasteiger partial charge in [0.05, 0.1) is 11.2 Å². The molecule has 0 saturated heterocycles. The lowest BCUT2D eigenvalue weighted by atomic mass is 9.66. The fraction of sp³-hybridized carbons (Fsp3) is 0.800. The Kier molecular flexibility index (Phi) is 1.77. The molecule has 1 fully saturated rings. The molecule has 0 aromatic rings. The van der Waals surface area contributed by atoms with E-state index in [9.17, 15) is 10.2 Å². The van der Waals surface area contributed by atoms with Gasteiger partial charge in [0.2, 0.25) is 0 Å². The highest BCUT2D eigenvalue weighted by molar-refractivity contribution is 5.13. The molecular formula is C10H16O2. The van der Waals surface area contributed by atoms with Gasteiger partial charge in [0.15, 0.2) is 0 Å². The molecule has 2 N–H and O–H groups in total. The van der Waals surface area contributed by atoms with Crippen LogP contribution in [-0.2, 0) is 0 Å². The first-order chi connectivity index (χ1) is 5.66. The van der Waals surface area contributed by atoms with Crippen LogP contribution < -0.4 is 0 Å². The van der Waals surface area contributed by atoms with Crippen molar-refractivity contribution < 1.29 is 10.2 Å². The molecule has 0 spiro atoms. The quantitative estimate of drug-likeness (QED) is 0.536. The lowest BCUT2D eigenvalue weighted by Crippen LogP contribution is -2.56. The van der Waals surface area contributed by atoms with Crippen molar-refractivity contribution in [3.05, 3.63) is 12.2 Å². The van der Waals surface area contributed by atoms with Gasteiger partial charge in [0.25, 0.3) is 0 Å². The maximum absolute atomic E-state index is 10.1. The van der Waals surface area contributed by atoms with Crippen LogP contribution in [0.5, 0.6) is 0 Å². The van der Waals surface area contributed by atoms with E-state index in [1.807, 2.05) is 12.2 Å². The van der Waals surface area contributed by atoms with Crippen molar-refractivity contribution in [2.75, 3.05) is 0 Å². The van der Waals surface area contributed by atoms with Crippen LogP contribution in [0.25, 0.3) is 0 Å². The highest BCUT2D eigenvalue weighted by Gasteiger charge is 2.50. The van der Waals surface area contributed by atoms with Crippen molar-refractivity contribution in [2.45, 2.75) is 49.7 Å². The summed E-state index contributed by atoms with van der Waals surface area (Å²) >= 11 is 0. The van der Waals surface area contributed by atoms with Gasteiger partial charge in [0, 0.05) is 0 Å². The van der Waals surface area contributed by atoms with Crippen LogP contribution >= 0.6 is 0 Å². The van der Waals surface area contributed by atoms with Crippen molar-refractivity contribution in [1.82, 2.24) is 0 Å². The largest absolute Gasteiger partial charge is 0.387 e. The first kappa shape index (κ1) is 8.27. The van der Waals surface area contributed by atoms with Crippen molar-refractivity contribution in [3.8, 4) is 0 Å². The number of hydrogen-bond donors (Lipinski definition) is 2. The van der Waals surface area contributed by atoms with Crippen molar-refractivity contribution in [2.24, 2.45) is 0 Å². The third-order valence-corrected chi connectivity index (χ3v) is 3.37. The molecule has 2 heteroatoms. The highest BCUT2D eigenvalue weighted by atomic mass is 16.4. The molecule has 2 rings (SSSR count). The topological polar surface area (TPSA) is 40.5 Å². The zero-order valence-electron chi connectivity index (χ0n) is 7.29. The van der Waals surface area contributed by atoms with Gasteiger partial charge in [-0.05, 0) is 25.7 Å². The predicted octanol–water partition coefficient (Wildman–Crippen LogP) is 1.37. The molecular weight excluding hydrogens is 152 g/mol. The minimum atomic E-state index is -0.819. The second-order valence-corrected chi connectivity index (χ2v) is 4.15. The second-order valence-electron chi connectivity index (χ2n) is 4.15. The molecule has 12 heavy (non-hydrogen) atoms. The summed E-state index contributed by atoms with van der Waals surface area (Å²) in [6, 6.07) is 0. The van der Waals surface area contributed by atoms with Crippen molar-refractivity contribution >= 4 is 0 Å². The zero-order valence-corrected chi connectivity index (χ0v) is 7.29. The summed E-state index contributed by atoms with van der Waals surface area (Å²) in [5.74, 6) is 0. The van der Waals surface area contributed by atoms with E-state index in [0.717, 1.165) is 25.7 Å². The minimum Gasteiger partial charge on any atom is -0.387 e. The molecule has 0 aromatic heterocycles. The first-order valence-electron chi connectivity index (χ1n) is 4.76. The number of fused-ring (bicyclic) bond motifs is 1. The van der Waals surface area contributed by atoms with Crippen molar-refractivity contribution in [3.63, 3.8) is 0 Å². The van der Waals surface area contributed by atoms with Gasteiger partial charge in [0.1, 0.15) is 0 Å². The fourth-order valence-corrected chi connectivity index (χ4v) is 2.44. The second kappa shape index (κ2) is 2.57.